The molecule has 0 aliphatic heterocycles. The van der Waals surface area contributed by atoms with Gasteiger partial charge in [-0.25, -0.2) is 4.98 Å². The smallest absolute Gasteiger partial charge is 0.255 e. The first-order chi connectivity index (χ1) is 9.70. The number of nitrogens with zero attached hydrogens (tertiary/aromatic N) is 1. The second-order valence-corrected chi connectivity index (χ2v) is 5.26. The van der Waals surface area contributed by atoms with Crippen molar-refractivity contribution in [2.45, 2.75) is 31.0 Å². The van der Waals surface area contributed by atoms with Crippen LogP contribution in [0.5, 0.6) is 0 Å². The molecule has 114 valence electrons. The molecule has 2 rings (SSSR count). The number of alkyl halides is 1. The highest BCUT2D eigenvalue weighted by molar-refractivity contribution is 9.08. The first-order valence-corrected chi connectivity index (χ1v) is 7.80. The molecule has 21 heavy (non-hydrogen) atoms. The van der Waals surface area contributed by atoms with Crippen molar-refractivity contribution in [1.82, 2.24) is 9.97 Å². The molecular formula is C15H19Br2N3O. The Balaban J connectivity index is 0.00000220. The molecule has 2 aromatic rings. The lowest BCUT2D eigenvalue weighted by Gasteiger charge is -2.06. The standard InChI is InChI=1S/C15H18BrN3O.BrH/c16-10-13-12(14(20)19-15(17)18-13)9-5-4-8-11-6-2-1-3-7-11;/h1-3,6-7H,4-5,8-10H2,(H3,17,18,19,20);1H. The van der Waals surface area contributed by atoms with Gasteiger partial charge in [0.2, 0.25) is 5.95 Å². The van der Waals surface area contributed by atoms with Crippen molar-refractivity contribution >= 4 is 38.9 Å². The molecule has 0 spiro atoms. The molecule has 4 nitrogen and oxygen atoms in total. The number of nitrogen functional groups attached to an aromatic ring is 1. The van der Waals surface area contributed by atoms with E-state index in [4.69, 9.17) is 5.73 Å². The van der Waals surface area contributed by atoms with Crippen LogP contribution in [0.15, 0.2) is 35.1 Å². The van der Waals surface area contributed by atoms with Gasteiger partial charge in [0.05, 0.1) is 5.69 Å². The fourth-order valence-corrected chi connectivity index (χ4v) is 2.67. The van der Waals surface area contributed by atoms with Crippen molar-refractivity contribution in [3.63, 3.8) is 0 Å². The van der Waals surface area contributed by atoms with Crippen LogP contribution in [-0.2, 0) is 18.2 Å². The molecule has 1 heterocycles. The number of anilines is 1. The van der Waals surface area contributed by atoms with Crippen LogP contribution in [0.1, 0.15) is 29.7 Å². The monoisotopic (exact) mass is 415 g/mol. The van der Waals surface area contributed by atoms with Gasteiger partial charge < -0.3 is 5.73 Å². The fourth-order valence-electron chi connectivity index (χ4n) is 2.21. The summed E-state index contributed by atoms with van der Waals surface area (Å²) in [5, 5.41) is 0.551. The van der Waals surface area contributed by atoms with Gasteiger partial charge in [-0.15, -0.1) is 17.0 Å². The van der Waals surface area contributed by atoms with Crippen LogP contribution in [0, 0.1) is 0 Å². The topological polar surface area (TPSA) is 71.8 Å². The number of nitrogens with one attached hydrogen (secondary N) is 1. The van der Waals surface area contributed by atoms with E-state index in [9.17, 15) is 4.79 Å². The predicted molar refractivity (Wildman–Crippen MR) is 95.3 cm³/mol. The Morgan fingerprint density at radius 2 is 1.81 bits per heavy atom. The molecule has 0 saturated heterocycles. The lowest BCUT2D eigenvalue weighted by molar-refractivity contribution is 0.722. The lowest BCUT2D eigenvalue weighted by Crippen LogP contribution is -2.19. The van der Waals surface area contributed by atoms with E-state index in [0.717, 1.165) is 36.9 Å². The summed E-state index contributed by atoms with van der Waals surface area (Å²) in [6.07, 6.45) is 3.78. The Bertz CT molecular complexity index is 614. The van der Waals surface area contributed by atoms with Gasteiger partial charge >= 0.3 is 0 Å². The highest BCUT2D eigenvalue weighted by Gasteiger charge is 2.09. The van der Waals surface area contributed by atoms with Gasteiger partial charge in [-0.05, 0) is 31.2 Å². The maximum absolute atomic E-state index is 11.9. The van der Waals surface area contributed by atoms with Crippen molar-refractivity contribution in [3.8, 4) is 0 Å². The van der Waals surface area contributed by atoms with Gasteiger partial charge in [0.1, 0.15) is 0 Å². The SMILES string of the molecule is Br.Nc1nc(CBr)c(CCCCc2ccccc2)c(=O)[nH]1. The lowest BCUT2D eigenvalue weighted by atomic mass is 10.0. The molecule has 0 atom stereocenters. The van der Waals surface area contributed by atoms with E-state index in [1.807, 2.05) is 18.2 Å². The summed E-state index contributed by atoms with van der Waals surface area (Å²) in [5.41, 5.74) is 8.24. The first-order valence-electron chi connectivity index (χ1n) is 6.68. The number of rotatable bonds is 6. The van der Waals surface area contributed by atoms with Crippen molar-refractivity contribution in [3.05, 3.63) is 57.5 Å². The second kappa shape index (κ2) is 9.00. The van der Waals surface area contributed by atoms with E-state index >= 15 is 0 Å². The van der Waals surface area contributed by atoms with Gasteiger partial charge in [0.25, 0.3) is 5.56 Å². The molecular weight excluding hydrogens is 398 g/mol. The van der Waals surface area contributed by atoms with Crippen molar-refractivity contribution in [2.24, 2.45) is 0 Å². The number of nitrogens with two attached hydrogens (primary N) is 1. The number of unbranched alkanes of at least 4 members (excludes halogenated alkanes) is 1. The molecule has 0 aliphatic carbocycles. The molecule has 0 amide bonds. The molecule has 3 N–H and O–H groups in total. The average molecular weight is 417 g/mol. The van der Waals surface area contributed by atoms with Crippen LogP contribution in [0.2, 0.25) is 0 Å². The number of aryl methyl sites for hydroxylation is 1. The number of halogens is 2. The first kappa shape index (κ1) is 17.9. The Labute approximate surface area is 143 Å². The number of aromatic amines is 1. The Morgan fingerprint density at radius 3 is 2.48 bits per heavy atom. The van der Waals surface area contributed by atoms with E-state index in [-0.39, 0.29) is 28.5 Å². The summed E-state index contributed by atoms with van der Waals surface area (Å²) in [6, 6.07) is 10.4. The molecule has 0 saturated carbocycles. The summed E-state index contributed by atoms with van der Waals surface area (Å²) in [4.78, 5) is 18.6. The summed E-state index contributed by atoms with van der Waals surface area (Å²) >= 11 is 3.35. The largest absolute Gasteiger partial charge is 0.369 e. The van der Waals surface area contributed by atoms with Crippen LogP contribution in [-0.4, -0.2) is 9.97 Å². The minimum absolute atomic E-state index is 0. The number of hydrogen-bond donors (Lipinski definition) is 2. The highest BCUT2D eigenvalue weighted by atomic mass is 79.9. The van der Waals surface area contributed by atoms with Crippen molar-refractivity contribution in [1.29, 1.82) is 0 Å². The molecule has 0 fully saturated rings. The van der Waals surface area contributed by atoms with Crippen molar-refractivity contribution in [2.75, 3.05) is 5.73 Å². The number of H-pyrrole nitrogens is 1. The predicted octanol–water partition coefficient (Wildman–Crippen LogP) is 3.39. The van der Waals surface area contributed by atoms with E-state index in [0.29, 0.717) is 5.33 Å². The third kappa shape index (κ3) is 5.28. The summed E-state index contributed by atoms with van der Waals surface area (Å²) in [6.45, 7) is 0. The Morgan fingerprint density at radius 1 is 1.14 bits per heavy atom. The molecule has 1 aromatic heterocycles. The normalized spacial score (nSPS) is 10.1. The zero-order chi connectivity index (χ0) is 14.4. The maximum atomic E-state index is 11.9. The van der Waals surface area contributed by atoms with Gasteiger partial charge in [-0.3, -0.25) is 9.78 Å². The Kier molecular flexibility index (Phi) is 7.67. The highest BCUT2D eigenvalue weighted by Crippen LogP contribution is 2.12. The maximum Gasteiger partial charge on any atom is 0.255 e. The quantitative estimate of drug-likeness (QED) is 0.559. The van der Waals surface area contributed by atoms with E-state index in [1.165, 1.54) is 5.56 Å². The summed E-state index contributed by atoms with van der Waals surface area (Å²) in [7, 11) is 0. The van der Waals surface area contributed by atoms with Crippen LogP contribution in [0.3, 0.4) is 0 Å². The van der Waals surface area contributed by atoms with E-state index < -0.39 is 0 Å². The third-order valence-corrected chi connectivity index (χ3v) is 3.76. The van der Waals surface area contributed by atoms with E-state index in [1.54, 1.807) is 0 Å². The van der Waals surface area contributed by atoms with Gasteiger partial charge in [-0.2, -0.15) is 0 Å². The molecule has 0 radical (unpaired) electrons. The zero-order valence-electron chi connectivity index (χ0n) is 11.6. The summed E-state index contributed by atoms with van der Waals surface area (Å²) in [5.74, 6) is 0.178. The van der Waals surface area contributed by atoms with Crippen LogP contribution >= 0.6 is 32.9 Å². The van der Waals surface area contributed by atoms with Gasteiger partial charge in [0.15, 0.2) is 0 Å². The molecule has 1 aromatic carbocycles. The molecule has 0 unspecified atom stereocenters. The van der Waals surface area contributed by atoms with Crippen molar-refractivity contribution < 1.29 is 0 Å². The van der Waals surface area contributed by atoms with E-state index in [2.05, 4.69) is 38.0 Å². The molecule has 6 heteroatoms. The molecule has 0 bridgehead atoms. The van der Waals surface area contributed by atoms with Crippen LogP contribution < -0.4 is 11.3 Å². The van der Waals surface area contributed by atoms with Crippen LogP contribution in [0.4, 0.5) is 5.95 Å². The number of hydrogen-bond acceptors (Lipinski definition) is 3. The fraction of sp³-hybridized carbons (Fsp3) is 0.333. The van der Waals surface area contributed by atoms with Crippen LogP contribution in [0.25, 0.3) is 0 Å². The van der Waals surface area contributed by atoms with Gasteiger partial charge in [-0.1, -0.05) is 46.3 Å². The second-order valence-electron chi connectivity index (χ2n) is 4.70. The minimum atomic E-state index is -0.119. The third-order valence-electron chi connectivity index (χ3n) is 3.23. The zero-order valence-corrected chi connectivity index (χ0v) is 14.9. The molecule has 0 aliphatic rings. The summed E-state index contributed by atoms with van der Waals surface area (Å²) < 4.78 is 0. The average Bonchev–Trinajstić information content (AvgIpc) is 2.45. The Hall–Kier alpha value is -1.14. The minimum Gasteiger partial charge on any atom is -0.369 e. The van der Waals surface area contributed by atoms with Gasteiger partial charge in [0, 0.05) is 10.9 Å². The number of aromatic nitrogens is 2. The number of benzene rings is 1.